The Morgan fingerprint density at radius 3 is 2.81 bits per heavy atom. The Morgan fingerprint density at radius 1 is 1.38 bits per heavy atom. The highest BCUT2D eigenvalue weighted by Crippen LogP contribution is 2.25. The van der Waals surface area contributed by atoms with Crippen molar-refractivity contribution in [1.29, 1.82) is 0 Å². The largest absolute Gasteiger partial charge is 0.494 e. The number of hydrogen-bond acceptors (Lipinski definition) is 5. The number of nitrogens with one attached hydrogen (secondary N) is 1. The number of esters is 1. The van der Waals surface area contributed by atoms with Gasteiger partial charge in [-0.3, -0.25) is 4.79 Å². The Morgan fingerprint density at radius 2 is 2.19 bits per heavy atom. The van der Waals surface area contributed by atoms with Gasteiger partial charge in [-0.25, -0.2) is 4.79 Å². The van der Waals surface area contributed by atoms with E-state index in [0.29, 0.717) is 35.5 Å². The summed E-state index contributed by atoms with van der Waals surface area (Å²) in [6.45, 7) is 2.80. The van der Waals surface area contributed by atoms with E-state index in [9.17, 15) is 9.59 Å². The molecule has 1 aromatic carbocycles. The molecular weight excluding hydrogens is 342 g/mol. The van der Waals surface area contributed by atoms with Crippen molar-refractivity contribution in [2.24, 2.45) is 0 Å². The first kappa shape index (κ1) is 15.4. The van der Waals surface area contributed by atoms with Crippen LogP contribution >= 0.6 is 15.9 Å². The number of hydrogen-bond donors (Lipinski definition) is 1. The number of rotatable bonds is 4. The second-order valence-electron chi connectivity index (χ2n) is 4.07. The van der Waals surface area contributed by atoms with Gasteiger partial charge in [-0.15, -0.1) is 0 Å². The normalized spacial score (nSPS) is 13.5. The van der Waals surface area contributed by atoms with Crippen molar-refractivity contribution in [2.45, 2.75) is 6.92 Å². The number of anilines is 1. The van der Waals surface area contributed by atoms with Gasteiger partial charge >= 0.3 is 5.97 Å². The minimum absolute atomic E-state index is 0.114. The molecule has 112 valence electrons. The van der Waals surface area contributed by atoms with Crippen LogP contribution in [0.4, 0.5) is 5.69 Å². The second kappa shape index (κ2) is 7.12. The molecule has 1 amide bonds. The van der Waals surface area contributed by atoms with Crippen LogP contribution in [0, 0.1) is 0 Å². The third-order valence-electron chi connectivity index (χ3n) is 2.60. The van der Waals surface area contributed by atoms with Crippen molar-refractivity contribution >= 4 is 33.5 Å². The van der Waals surface area contributed by atoms with Crippen LogP contribution in [0.3, 0.4) is 0 Å². The molecule has 1 aromatic rings. The average Bonchev–Trinajstić information content (AvgIpc) is 2.50. The van der Waals surface area contributed by atoms with Gasteiger partial charge in [0.05, 0.1) is 17.9 Å². The van der Waals surface area contributed by atoms with Gasteiger partial charge in [0.2, 0.25) is 5.76 Å². The predicted octanol–water partition coefficient (Wildman–Crippen LogP) is 2.45. The summed E-state index contributed by atoms with van der Waals surface area (Å²) in [5.41, 5.74) is 0.918. The summed E-state index contributed by atoms with van der Waals surface area (Å²) in [5.74, 6) is -0.718. The SMILES string of the molecule is CCOC(=O)c1ccc(NC(=O)C2=COCCO2)c(Br)c1. The number of carbonyl (C=O) groups excluding carboxylic acids is 2. The maximum absolute atomic E-state index is 11.9. The monoisotopic (exact) mass is 355 g/mol. The molecule has 7 heteroatoms. The van der Waals surface area contributed by atoms with E-state index in [2.05, 4.69) is 21.2 Å². The fourth-order valence-electron chi connectivity index (χ4n) is 1.63. The fraction of sp³-hybridized carbons (Fsp3) is 0.286. The standard InChI is InChI=1S/C14H14BrNO5/c1-2-20-14(18)9-3-4-11(10(15)7-9)16-13(17)12-8-19-5-6-21-12/h3-4,7-8H,2,5-6H2,1H3,(H,16,17). The fourth-order valence-corrected chi connectivity index (χ4v) is 2.11. The molecule has 0 aliphatic carbocycles. The van der Waals surface area contributed by atoms with Gasteiger partial charge in [-0.2, -0.15) is 0 Å². The summed E-state index contributed by atoms with van der Waals surface area (Å²) in [6, 6.07) is 4.77. The van der Waals surface area contributed by atoms with E-state index in [1.807, 2.05) is 0 Å². The van der Waals surface area contributed by atoms with E-state index < -0.39 is 11.9 Å². The quantitative estimate of drug-likeness (QED) is 0.839. The molecule has 0 saturated heterocycles. The maximum Gasteiger partial charge on any atom is 0.338 e. The number of amides is 1. The van der Waals surface area contributed by atoms with Crippen molar-refractivity contribution in [3.63, 3.8) is 0 Å². The van der Waals surface area contributed by atoms with Gasteiger partial charge in [0, 0.05) is 4.47 Å². The van der Waals surface area contributed by atoms with Crippen LogP contribution in [0.15, 0.2) is 34.7 Å². The summed E-state index contributed by atoms with van der Waals surface area (Å²) in [4.78, 5) is 23.5. The summed E-state index contributed by atoms with van der Waals surface area (Å²) < 4.78 is 15.7. The van der Waals surface area contributed by atoms with Crippen LogP contribution in [0.2, 0.25) is 0 Å². The van der Waals surface area contributed by atoms with E-state index in [1.165, 1.54) is 6.26 Å². The first-order valence-electron chi connectivity index (χ1n) is 6.34. The summed E-state index contributed by atoms with van der Waals surface area (Å²) in [7, 11) is 0. The Bertz CT molecular complexity index is 585. The minimum atomic E-state index is -0.417. The molecule has 0 radical (unpaired) electrons. The Labute approximate surface area is 130 Å². The van der Waals surface area contributed by atoms with E-state index in [-0.39, 0.29) is 5.76 Å². The Balaban J connectivity index is 2.09. The molecular formula is C14H14BrNO5. The number of carbonyl (C=O) groups is 2. The van der Waals surface area contributed by atoms with E-state index in [0.717, 1.165) is 0 Å². The van der Waals surface area contributed by atoms with Crippen LogP contribution < -0.4 is 5.32 Å². The summed E-state index contributed by atoms with van der Waals surface area (Å²) in [6.07, 6.45) is 1.28. The van der Waals surface area contributed by atoms with Crippen LogP contribution in [0.5, 0.6) is 0 Å². The average molecular weight is 356 g/mol. The van der Waals surface area contributed by atoms with Crippen molar-refractivity contribution in [2.75, 3.05) is 25.1 Å². The molecule has 0 fully saturated rings. The van der Waals surface area contributed by atoms with Gasteiger partial charge in [-0.05, 0) is 41.1 Å². The van der Waals surface area contributed by atoms with E-state index in [4.69, 9.17) is 14.2 Å². The first-order chi connectivity index (χ1) is 10.1. The van der Waals surface area contributed by atoms with Crippen LogP contribution in [-0.2, 0) is 19.0 Å². The van der Waals surface area contributed by atoms with Crippen molar-refractivity contribution in [3.8, 4) is 0 Å². The lowest BCUT2D eigenvalue weighted by molar-refractivity contribution is -0.117. The van der Waals surface area contributed by atoms with Crippen molar-refractivity contribution in [1.82, 2.24) is 0 Å². The number of halogens is 1. The molecule has 6 nitrogen and oxygen atoms in total. The first-order valence-corrected chi connectivity index (χ1v) is 7.13. The maximum atomic E-state index is 11.9. The third-order valence-corrected chi connectivity index (χ3v) is 3.26. The molecule has 2 rings (SSSR count). The van der Waals surface area contributed by atoms with E-state index >= 15 is 0 Å². The molecule has 0 aromatic heterocycles. The zero-order chi connectivity index (χ0) is 15.2. The molecule has 0 saturated carbocycles. The predicted molar refractivity (Wildman–Crippen MR) is 78.7 cm³/mol. The smallest absolute Gasteiger partial charge is 0.338 e. The van der Waals surface area contributed by atoms with E-state index in [1.54, 1.807) is 25.1 Å². The highest BCUT2D eigenvalue weighted by atomic mass is 79.9. The molecule has 1 aliphatic rings. The zero-order valence-corrected chi connectivity index (χ0v) is 12.9. The summed E-state index contributed by atoms with van der Waals surface area (Å²) in [5, 5.41) is 2.67. The topological polar surface area (TPSA) is 73.9 Å². The lowest BCUT2D eigenvalue weighted by Gasteiger charge is -2.15. The molecule has 0 unspecified atom stereocenters. The lowest BCUT2D eigenvalue weighted by Crippen LogP contribution is -2.21. The third kappa shape index (κ3) is 3.98. The van der Waals surface area contributed by atoms with Gasteiger partial charge < -0.3 is 19.5 Å². The Hall–Kier alpha value is -2.02. The van der Waals surface area contributed by atoms with Gasteiger partial charge in [0.15, 0.2) is 0 Å². The summed E-state index contributed by atoms with van der Waals surface area (Å²) >= 11 is 3.31. The Kier molecular flexibility index (Phi) is 5.21. The minimum Gasteiger partial charge on any atom is -0.494 e. The molecule has 0 bridgehead atoms. The van der Waals surface area contributed by atoms with Gasteiger partial charge in [0.25, 0.3) is 5.91 Å². The molecule has 1 aliphatic heterocycles. The molecule has 1 heterocycles. The second-order valence-corrected chi connectivity index (χ2v) is 4.92. The molecule has 0 atom stereocenters. The molecule has 21 heavy (non-hydrogen) atoms. The van der Waals surface area contributed by atoms with Crippen molar-refractivity contribution < 1.29 is 23.8 Å². The lowest BCUT2D eigenvalue weighted by atomic mass is 10.2. The van der Waals surface area contributed by atoms with Gasteiger partial charge in [-0.1, -0.05) is 0 Å². The molecule has 1 N–H and O–H groups in total. The zero-order valence-electron chi connectivity index (χ0n) is 11.3. The number of ether oxygens (including phenoxy) is 3. The van der Waals surface area contributed by atoms with Crippen molar-refractivity contribution in [3.05, 3.63) is 40.3 Å². The van der Waals surface area contributed by atoms with Crippen LogP contribution in [0.25, 0.3) is 0 Å². The van der Waals surface area contributed by atoms with Gasteiger partial charge in [0.1, 0.15) is 19.5 Å². The highest BCUT2D eigenvalue weighted by molar-refractivity contribution is 9.10. The van der Waals surface area contributed by atoms with Crippen LogP contribution in [-0.4, -0.2) is 31.7 Å². The highest BCUT2D eigenvalue weighted by Gasteiger charge is 2.17. The van der Waals surface area contributed by atoms with Crippen LogP contribution in [0.1, 0.15) is 17.3 Å². The molecule has 0 spiro atoms. The number of benzene rings is 1.